The number of anilines is 2. The lowest BCUT2D eigenvalue weighted by Crippen LogP contribution is -2.51. The second-order valence-electron chi connectivity index (χ2n) is 9.22. The number of piperidine rings is 1. The number of ether oxygens (including phenoxy) is 2. The summed E-state index contributed by atoms with van der Waals surface area (Å²) in [6.07, 6.45) is 1.47. The number of alkyl halides is 2. The van der Waals surface area contributed by atoms with Gasteiger partial charge < -0.3 is 19.7 Å². The van der Waals surface area contributed by atoms with Crippen LogP contribution in [0.15, 0.2) is 36.4 Å². The minimum atomic E-state index is -3.12. The zero-order valence-corrected chi connectivity index (χ0v) is 22.2. The van der Waals surface area contributed by atoms with E-state index in [-0.39, 0.29) is 41.4 Å². The summed E-state index contributed by atoms with van der Waals surface area (Å²) in [7, 11) is 1.36. The van der Waals surface area contributed by atoms with Crippen molar-refractivity contribution in [3.05, 3.63) is 42.0 Å². The van der Waals surface area contributed by atoms with Gasteiger partial charge in [-0.25, -0.2) is 4.79 Å². The van der Waals surface area contributed by atoms with Crippen molar-refractivity contribution in [2.45, 2.75) is 72.1 Å². The lowest BCUT2D eigenvalue weighted by Gasteiger charge is -2.39. The molecule has 1 aliphatic carbocycles. The number of hydrogen-bond donors (Lipinski definition) is 1. The van der Waals surface area contributed by atoms with Gasteiger partial charge in [0.2, 0.25) is 17.7 Å². The molecular formula is C27H36F2N4O4. The Balaban J connectivity index is 0.00000186. The quantitative estimate of drug-likeness (QED) is 0.494. The van der Waals surface area contributed by atoms with Crippen molar-refractivity contribution in [3.63, 3.8) is 0 Å². The predicted molar refractivity (Wildman–Crippen MR) is 138 cm³/mol. The van der Waals surface area contributed by atoms with Crippen LogP contribution in [-0.4, -0.2) is 54.2 Å². The Morgan fingerprint density at radius 1 is 1.14 bits per heavy atom. The molecule has 2 fully saturated rings. The minimum absolute atomic E-state index is 0.0108. The van der Waals surface area contributed by atoms with Crippen LogP contribution in [0.1, 0.15) is 58.9 Å². The number of halogens is 2. The Kier molecular flexibility index (Phi) is 9.29. The number of methoxy groups -OCH3 is 1. The molecule has 3 amide bonds. The molecule has 8 nitrogen and oxygen atoms in total. The molecule has 4 rings (SSSR count). The third kappa shape index (κ3) is 6.11. The maximum Gasteiger partial charge on any atom is 0.388 e. The normalized spacial score (nSPS) is 19.9. The molecule has 1 aromatic heterocycles. The summed E-state index contributed by atoms with van der Waals surface area (Å²) in [6, 6.07) is 10.0. The number of benzene rings is 1. The third-order valence-electron chi connectivity index (χ3n) is 6.76. The molecule has 3 unspecified atom stereocenters. The number of carbonyl (C=O) groups excluding carboxylic acids is 2. The second-order valence-corrected chi connectivity index (χ2v) is 9.22. The Labute approximate surface area is 216 Å². The number of nitrogens with one attached hydrogen (secondary N) is 1. The Hall–Kier alpha value is -3.43. The summed E-state index contributed by atoms with van der Waals surface area (Å²) >= 11 is 0. The summed E-state index contributed by atoms with van der Waals surface area (Å²) in [5.41, 5.74) is 1.76. The van der Waals surface area contributed by atoms with Gasteiger partial charge in [-0.15, -0.1) is 0 Å². The number of rotatable bonds is 7. The van der Waals surface area contributed by atoms with E-state index in [4.69, 9.17) is 4.74 Å². The van der Waals surface area contributed by atoms with Crippen LogP contribution < -0.4 is 19.7 Å². The van der Waals surface area contributed by atoms with E-state index in [0.29, 0.717) is 13.0 Å². The third-order valence-corrected chi connectivity index (χ3v) is 6.76. The number of amides is 3. The number of urea groups is 1. The molecular weight excluding hydrogens is 482 g/mol. The SMILES string of the molecule is CC.COc1ccc(NC(=O)N(c2ccccc2C(C)C)C2CC3CC2CN3C(C)=O)c(OC(F)F)n1. The van der Waals surface area contributed by atoms with Crippen LogP contribution >= 0.6 is 0 Å². The molecule has 37 heavy (non-hydrogen) atoms. The van der Waals surface area contributed by atoms with E-state index < -0.39 is 18.5 Å². The molecule has 3 atom stereocenters. The van der Waals surface area contributed by atoms with Crippen LogP contribution in [0.4, 0.5) is 25.0 Å². The predicted octanol–water partition coefficient (Wildman–Crippen LogP) is 5.89. The van der Waals surface area contributed by atoms with Gasteiger partial charge in [0.05, 0.1) is 7.11 Å². The summed E-state index contributed by atoms with van der Waals surface area (Å²) < 4.78 is 35.6. The second kappa shape index (κ2) is 12.2. The highest BCUT2D eigenvalue weighted by Crippen LogP contribution is 2.43. The van der Waals surface area contributed by atoms with E-state index in [0.717, 1.165) is 17.7 Å². The standard InChI is InChI=1S/C25H30F2N4O4.C2H6/c1-14(2)18-7-5-6-8-20(18)31(21-12-17-11-16(21)13-30(17)15(3)32)25(33)28-19-9-10-22(34-4)29-23(19)35-24(26)27;1-2/h5-10,14,16-17,21,24H,11-13H2,1-4H3,(H,28,33);1-2H3. The van der Waals surface area contributed by atoms with E-state index in [9.17, 15) is 18.4 Å². The number of para-hydroxylation sites is 1. The number of hydrogen-bond acceptors (Lipinski definition) is 5. The summed E-state index contributed by atoms with van der Waals surface area (Å²) in [5.74, 6) is -0.0546. The van der Waals surface area contributed by atoms with E-state index in [1.165, 1.54) is 19.2 Å². The van der Waals surface area contributed by atoms with Gasteiger partial charge in [0, 0.05) is 37.3 Å². The van der Waals surface area contributed by atoms with E-state index in [1.807, 2.05) is 43.0 Å². The fourth-order valence-electron chi connectivity index (χ4n) is 5.24. The molecule has 2 heterocycles. The first-order chi connectivity index (χ1) is 17.7. The molecule has 2 aliphatic rings. The molecule has 2 aromatic rings. The number of nitrogens with zero attached hydrogens (tertiary/aromatic N) is 3. The molecule has 10 heteroatoms. The molecule has 1 aromatic carbocycles. The van der Waals surface area contributed by atoms with E-state index >= 15 is 0 Å². The van der Waals surface area contributed by atoms with Gasteiger partial charge in [0.15, 0.2) is 0 Å². The monoisotopic (exact) mass is 518 g/mol. The fourth-order valence-corrected chi connectivity index (χ4v) is 5.24. The van der Waals surface area contributed by atoms with Crippen molar-refractivity contribution in [1.82, 2.24) is 9.88 Å². The zero-order chi connectivity index (χ0) is 27.3. The highest BCUT2D eigenvalue weighted by molar-refractivity contribution is 6.03. The Bertz CT molecular complexity index is 1100. The van der Waals surface area contributed by atoms with Crippen LogP contribution in [0, 0.1) is 5.92 Å². The van der Waals surface area contributed by atoms with E-state index in [1.54, 1.807) is 11.8 Å². The van der Waals surface area contributed by atoms with Gasteiger partial charge in [0.25, 0.3) is 0 Å². The van der Waals surface area contributed by atoms with Gasteiger partial charge in [-0.05, 0) is 42.4 Å². The van der Waals surface area contributed by atoms with Crippen molar-refractivity contribution in [3.8, 4) is 11.8 Å². The van der Waals surface area contributed by atoms with Crippen molar-refractivity contribution in [2.24, 2.45) is 5.92 Å². The Morgan fingerprint density at radius 3 is 2.41 bits per heavy atom. The molecule has 0 spiro atoms. The molecule has 2 bridgehead atoms. The van der Waals surface area contributed by atoms with Gasteiger partial charge in [-0.1, -0.05) is 45.9 Å². The van der Waals surface area contributed by atoms with Crippen LogP contribution in [0.2, 0.25) is 0 Å². The van der Waals surface area contributed by atoms with Crippen LogP contribution in [0.25, 0.3) is 0 Å². The maximum absolute atomic E-state index is 13.8. The van der Waals surface area contributed by atoms with Crippen molar-refractivity contribution < 1.29 is 27.8 Å². The lowest BCUT2D eigenvalue weighted by molar-refractivity contribution is -0.130. The molecule has 1 aliphatic heterocycles. The molecule has 0 radical (unpaired) electrons. The maximum atomic E-state index is 13.8. The molecule has 1 saturated carbocycles. The average Bonchev–Trinajstić information content (AvgIpc) is 3.48. The summed E-state index contributed by atoms with van der Waals surface area (Å²) in [5, 5.41) is 2.73. The van der Waals surface area contributed by atoms with Gasteiger partial charge >= 0.3 is 12.6 Å². The highest BCUT2D eigenvalue weighted by Gasteiger charge is 2.49. The molecule has 1 saturated heterocycles. The first-order valence-corrected chi connectivity index (χ1v) is 12.7. The number of aromatic nitrogens is 1. The smallest absolute Gasteiger partial charge is 0.388 e. The van der Waals surface area contributed by atoms with Gasteiger partial charge in [-0.2, -0.15) is 13.8 Å². The topological polar surface area (TPSA) is 84.0 Å². The summed E-state index contributed by atoms with van der Waals surface area (Å²) in [6.45, 7) is 7.13. The van der Waals surface area contributed by atoms with Crippen molar-refractivity contribution in [2.75, 3.05) is 23.9 Å². The summed E-state index contributed by atoms with van der Waals surface area (Å²) in [4.78, 5) is 33.3. The van der Waals surface area contributed by atoms with E-state index in [2.05, 4.69) is 28.9 Å². The first kappa shape index (κ1) is 28.1. The zero-order valence-electron chi connectivity index (χ0n) is 22.2. The fraction of sp³-hybridized carbons (Fsp3) is 0.519. The van der Waals surface area contributed by atoms with Crippen molar-refractivity contribution >= 4 is 23.3 Å². The van der Waals surface area contributed by atoms with Crippen LogP contribution in [-0.2, 0) is 4.79 Å². The average molecular weight is 519 g/mol. The Morgan fingerprint density at radius 2 is 1.84 bits per heavy atom. The number of likely N-dealkylation sites (tertiary alicyclic amines) is 1. The van der Waals surface area contributed by atoms with Gasteiger partial charge in [-0.3, -0.25) is 9.69 Å². The number of fused-ring (bicyclic) bond motifs is 2. The molecule has 1 N–H and O–H groups in total. The van der Waals surface area contributed by atoms with Crippen LogP contribution in [0.5, 0.6) is 11.8 Å². The van der Waals surface area contributed by atoms with Gasteiger partial charge in [0.1, 0.15) is 5.69 Å². The largest absolute Gasteiger partial charge is 0.481 e. The minimum Gasteiger partial charge on any atom is -0.481 e. The number of carbonyl (C=O) groups is 2. The van der Waals surface area contributed by atoms with Crippen molar-refractivity contribution in [1.29, 1.82) is 0 Å². The molecule has 202 valence electrons. The lowest BCUT2D eigenvalue weighted by atomic mass is 9.96. The highest BCUT2D eigenvalue weighted by atomic mass is 19.3. The first-order valence-electron chi connectivity index (χ1n) is 12.7. The van der Waals surface area contributed by atoms with Crippen LogP contribution in [0.3, 0.4) is 0 Å². The number of pyridine rings is 1.